The van der Waals surface area contributed by atoms with Crippen LogP contribution in [0.25, 0.3) is 10.9 Å². The summed E-state index contributed by atoms with van der Waals surface area (Å²) in [7, 11) is 1.18. The minimum Gasteiger partial charge on any atom is -0.463 e. The van der Waals surface area contributed by atoms with E-state index in [1.165, 1.54) is 38.3 Å². The highest BCUT2D eigenvalue weighted by Crippen LogP contribution is 2.28. The number of ether oxygens (including phenoxy) is 1. The standard InChI is InChI=1S/C18H11Cl2NO6S/c1-7(22)12-15(17(28-25)10-5-6-11(27-10)18(24)26-2)21-14-9(20)4-3-8(19)13(14)16(12)23/h3-6H,1-2H3,(H,21,23). The molecule has 3 rings (SSSR count). The van der Waals surface area contributed by atoms with Gasteiger partial charge in [0.25, 0.3) is 0 Å². The number of ketones is 1. The van der Waals surface area contributed by atoms with E-state index in [1.807, 2.05) is 0 Å². The number of halogens is 2. The van der Waals surface area contributed by atoms with Gasteiger partial charge in [-0.25, -0.2) is 9.00 Å². The summed E-state index contributed by atoms with van der Waals surface area (Å²) in [6, 6.07) is 5.59. The van der Waals surface area contributed by atoms with Crippen molar-refractivity contribution in [2.45, 2.75) is 6.92 Å². The molecule has 0 saturated carbocycles. The van der Waals surface area contributed by atoms with Crippen molar-refractivity contribution in [3.63, 3.8) is 0 Å². The number of aromatic amines is 1. The second-order valence-corrected chi connectivity index (χ2v) is 7.00. The summed E-state index contributed by atoms with van der Waals surface area (Å²) in [5.41, 5.74) is -0.841. The van der Waals surface area contributed by atoms with Crippen LogP contribution in [0.4, 0.5) is 0 Å². The second kappa shape index (κ2) is 7.75. The molecule has 0 aliphatic carbocycles. The molecule has 0 bridgehead atoms. The zero-order valence-electron chi connectivity index (χ0n) is 14.4. The molecular formula is C18H11Cl2NO6S. The molecule has 2 heterocycles. The van der Waals surface area contributed by atoms with Gasteiger partial charge in [0, 0.05) is 0 Å². The first kappa shape index (κ1) is 20.1. The Morgan fingerprint density at radius 1 is 1.11 bits per heavy atom. The molecule has 3 aromatic rings. The van der Waals surface area contributed by atoms with E-state index in [2.05, 4.69) is 9.72 Å². The number of rotatable bonds is 4. The summed E-state index contributed by atoms with van der Waals surface area (Å²) < 4.78 is 21.8. The lowest BCUT2D eigenvalue weighted by molar-refractivity contribution is 0.0564. The Morgan fingerprint density at radius 2 is 1.75 bits per heavy atom. The molecule has 7 nitrogen and oxygen atoms in total. The molecule has 1 N–H and O–H groups in total. The van der Waals surface area contributed by atoms with E-state index in [0.717, 1.165) is 0 Å². The molecule has 0 aliphatic heterocycles. The molecule has 0 amide bonds. The molecule has 2 aromatic heterocycles. The van der Waals surface area contributed by atoms with Gasteiger partial charge in [-0.1, -0.05) is 23.2 Å². The second-order valence-electron chi connectivity index (χ2n) is 5.61. The van der Waals surface area contributed by atoms with Crippen LogP contribution in [0.5, 0.6) is 0 Å². The van der Waals surface area contributed by atoms with E-state index in [0.29, 0.717) is 0 Å². The fourth-order valence-corrected chi connectivity index (χ4v) is 3.58. The number of pyridine rings is 1. The highest BCUT2D eigenvalue weighted by Gasteiger charge is 2.25. The molecule has 144 valence electrons. The number of benzene rings is 1. The van der Waals surface area contributed by atoms with Crippen LogP contribution in [0.1, 0.15) is 39.3 Å². The SMILES string of the molecule is COC(=O)c1ccc(C(=S=O)c2[nH]c3c(Cl)ccc(Cl)c3c(=O)c2C(C)=O)o1. The maximum absolute atomic E-state index is 13.0. The number of carbonyl (C=O) groups is 2. The third kappa shape index (κ3) is 3.30. The molecule has 0 atom stereocenters. The van der Waals surface area contributed by atoms with E-state index in [-0.39, 0.29) is 59.8 Å². The molecular weight excluding hydrogens is 429 g/mol. The Kier molecular flexibility index (Phi) is 5.55. The van der Waals surface area contributed by atoms with Crippen LogP contribution in [0.2, 0.25) is 10.0 Å². The van der Waals surface area contributed by atoms with E-state index in [9.17, 15) is 18.6 Å². The van der Waals surface area contributed by atoms with Gasteiger partial charge >= 0.3 is 5.97 Å². The van der Waals surface area contributed by atoms with Crippen LogP contribution in [0.15, 0.2) is 33.5 Å². The number of fused-ring (bicyclic) bond motifs is 1. The average molecular weight is 440 g/mol. The summed E-state index contributed by atoms with van der Waals surface area (Å²) >= 11 is 12.3. The van der Waals surface area contributed by atoms with Gasteiger partial charge in [-0.3, -0.25) is 9.59 Å². The molecule has 0 radical (unpaired) electrons. The third-order valence-electron chi connectivity index (χ3n) is 3.94. The summed E-state index contributed by atoms with van der Waals surface area (Å²) in [4.78, 5) is 39.5. The largest absolute Gasteiger partial charge is 0.463 e. The van der Waals surface area contributed by atoms with E-state index in [1.54, 1.807) is 0 Å². The Hall–Kier alpha value is -2.68. The van der Waals surface area contributed by atoms with Crippen LogP contribution in [-0.4, -0.2) is 32.9 Å². The first-order valence-corrected chi connectivity index (χ1v) is 9.20. The van der Waals surface area contributed by atoms with Crippen molar-refractivity contribution in [2.75, 3.05) is 7.11 Å². The highest BCUT2D eigenvalue weighted by atomic mass is 35.5. The topological polar surface area (TPSA) is 106 Å². The molecule has 10 heteroatoms. The molecule has 0 unspecified atom stereocenters. The lowest BCUT2D eigenvalue weighted by Gasteiger charge is -2.11. The van der Waals surface area contributed by atoms with Gasteiger partial charge in [0.2, 0.25) is 11.2 Å². The Bertz CT molecular complexity index is 1250. The van der Waals surface area contributed by atoms with Crippen molar-refractivity contribution >= 4 is 62.0 Å². The van der Waals surface area contributed by atoms with Gasteiger partial charge < -0.3 is 14.1 Å². The number of esters is 1. The fourth-order valence-electron chi connectivity index (χ4n) is 2.70. The molecule has 28 heavy (non-hydrogen) atoms. The minimum atomic E-state index is -0.741. The van der Waals surface area contributed by atoms with Gasteiger partial charge in [0.1, 0.15) is 16.1 Å². The predicted molar refractivity (Wildman–Crippen MR) is 106 cm³/mol. The fraction of sp³-hybridized carbons (Fsp3) is 0.111. The Labute approximate surface area is 171 Å². The van der Waals surface area contributed by atoms with Crippen molar-refractivity contribution in [3.8, 4) is 0 Å². The monoisotopic (exact) mass is 439 g/mol. The number of aromatic nitrogens is 1. The number of hydrogen-bond acceptors (Lipinski definition) is 6. The van der Waals surface area contributed by atoms with Gasteiger partial charge in [-0.2, -0.15) is 0 Å². The zero-order valence-corrected chi connectivity index (χ0v) is 16.8. The van der Waals surface area contributed by atoms with E-state index < -0.39 is 17.2 Å². The first-order chi connectivity index (χ1) is 13.3. The summed E-state index contributed by atoms with van der Waals surface area (Å²) in [5, 5.41) is 0.322. The molecule has 1 aromatic carbocycles. The van der Waals surface area contributed by atoms with Gasteiger partial charge in [0.15, 0.2) is 11.5 Å². The number of methoxy groups -OCH3 is 1. The lowest BCUT2D eigenvalue weighted by Crippen LogP contribution is -2.22. The number of hydrogen-bond donors (Lipinski definition) is 1. The van der Waals surface area contributed by atoms with Crippen molar-refractivity contribution in [1.29, 1.82) is 0 Å². The minimum absolute atomic E-state index is 0.00998. The summed E-state index contributed by atoms with van der Waals surface area (Å²) in [6.07, 6.45) is 0. The van der Waals surface area contributed by atoms with Crippen LogP contribution < -0.4 is 5.43 Å². The zero-order chi connectivity index (χ0) is 20.6. The molecule has 0 aliphatic rings. The maximum atomic E-state index is 13.0. The third-order valence-corrected chi connectivity index (χ3v) is 5.14. The van der Waals surface area contributed by atoms with Crippen molar-refractivity contribution in [3.05, 3.63) is 67.3 Å². The van der Waals surface area contributed by atoms with E-state index >= 15 is 0 Å². The number of furan rings is 1. The molecule has 0 fully saturated rings. The normalized spacial score (nSPS) is 10.7. The predicted octanol–water partition coefficient (Wildman–Crippen LogP) is 3.20. The van der Waals surface area contributed by atoms with Crippen LogP contribution in [-0.2, 0) is 16.0 Å². The first-order valence-electron chi connectivity index (χ1n) is 7.70. The number of Topliss-reactive ketones (excluding diaryl/α,β-unsaturated/α-hetero) is 1. The quantitative estimate of drug-likeness (QED) is 0.380. The number of carbonyl (C=O) groups excluding carboxylic acids is 2. The number of nitrogens with one attached hydrogen (secondary N) is 1. The van der Waals surface area contributed by atoms with E-state index in [4.69, 9.17) is 27.6 Å². The van der Waals surface area contributed by atoms with Crippen LogP contribution >= 0.6 is 23.2 Å². The van der Waals surface area contributed by atoms with Crippen molar-refractivity contribution < 1.29 is 23.0 Å². The van der Waals surface area contributed by atoms with Crippen molar-refractivity contribution in [1.82, 2.24) is 4.98 Å². The summed E-state index contributed by atoms with van der Waals surface area (Å²) in [6.45, 7) is 1.19. The average Bonchev–Trinajstić information content (AvgIpc) is 3.14. The smallest absolute Gasteiger partial charge is 0.373 e. The van der Waals surface area contributed by atoms with Crippen molar-refractivity contribution in [2.24, 2.45) is 0 Å². The van der Waals surface area contributed by atoms with Gasteiger partial charge in [-0.05, 0) is 31.2 Å². The highest BCUT2D eigenvalue weighted by molar-refractivity contribution is 7.67. The Morgan fingerprint density at radius 3 is 2.36 bits per heavy atom. The molecule has 0 spiro atoms. The Balaban J connectivity index is 2.36. The van der Waals surface area contributed by atoms with Gasteiger partial charge in [0.05, 0.1) is 39.3 Å². The summed E-state index contributed by atoms with van der Waals surface area (Å²) in [5.74, 6) is -1.48. The molecule has 0 saturated heterocycles. The lowest BCUT2D eigenvalue weighted by atomic mass is 10.0. The number of H-pyrrole nitrogens is 1. The van der Waals surface area contributed by atoms with Crippen LogP contribution in [0.3, 0.4) is 0 Å². The maximum Gasteiger partial charge on any atom is 0.373 e. The van der Waals surface area contributed by atoms with Crippen LogP contribution in [0, 0.1) is 0 Å². The van der Waals surface area contributed by atoms with Gasteiger partial charge in [-0.15, -0.1) is 0 Å².